The lowest BCUT2D eigenvalue weighted by Gasteiger charge is -2.35. The van der Waals surface area contributed by atoms with E-state index in [0.717, 1.165) is 34.2 Å². The molecule has 0 bridgehead atoms. The number of hydrogen-bond acceptors (Lipinski definition) is 3. The first-order valence-electron chi connectivity index (χ1n) is 6.46. The number of carboxylic acids is 1. The summed E-state index contributed by atoms with van der Waals surface area (Å²) >= 11 is 8.78. The average Bonchev–Trinajstić information content (AvgIpc) is 2.67. The zero-order chi connectivity index (χ0) is 13.8. The van der Waals surface area contributed by atoms with Crippen molar-refractivity contribution in [3.8, 4) is 0 Å². The van der Waals surface area contributed by atoms with Crippen molar-refractivity contribution in [1.82, 2.24) is 4.90 Å². The Labute approximate surface area is 134 Å². The first kappa shape index (κ1) is 15.5. The molecule has 1 N–H and O–H groups in total. The van der Waals surface area contributed by atoms with E-state index in [9.17, 15) is 4.79 Å². The standard InChI is InChI=1S/C13H17Br2NO2S/c14-11-7-10(19-13(11)15)8-16-6-2-1-3-9(16)4-5-12(17)18/h7,9H,1-6,8H2,(H,17,18). The van der Waals surface area contributed by atoms with E-state index in [1.165, 1.54) is 17.7 Å². The van der Waals surface area contributed by atoms with Crippen molar-refractivity contribution < 1.29 is 9.90 Å². The van der Waals surface area contributed by atoms with Crippen LogP contribution in [0.4, 0.5) is 0 Å². The van der Waals surface area contributed by atoms with Gasteiger partial charge in [-0.2, -0.15) is 0 Å². The molecule has 0 amide bonds. The van der Waals surface area contributed by atoms with Crippen LogP contribution in [-0.4, -0.2) is 28.6 Å². The first-order valence-corrected chi connectivity index (χ1v) is 8.86. The minimum absolute atomic E-state index is 0.277. The number of carboxylic acid groups (broad SMARTS) is 1. The Hall–Kier alpha value is 0.0900. The maximum absolute atomic E-state index is 10.7. The van der Waals surface area contributed by atoms with Crippen molar-refractivity contribution in [2.45, 2.75) is 44.7 Å². The van der Waals surface area contributed by atoms with E-state index in [2.05, 4.69) is 42.8 Å². The van der Waals surface area contributed by atoms with Crippen LogP contribution < -0.4 is 0 Å². The van der Waals surface area contributed by atoms with E-state index < -0.39 is 5.97 Å². The molecule has 1 aliphatic heterocycles. The van der Waals surface area contributed by atoms with Gasteiger partial charge in [0.25, 0.3) is 0 Å². The van der Waals surface area contributed by atoms with Gasteiger partial charge in [-0.15, -0.1) is 11.3 Å². The summed E-state index contributed by atoms with van der Waals surface area (Å²) in [5, 5.41) is 8.83. The van der Waals surface area contributed by atoms with Crippen LogP contribution in [0.2, 0.25) is 0 Å². The van der Waals surface area contributed by atoms with Gasteiger partial charge in [-0.3, -0.25) is 9.69 Å². The molecule has 2 rings (SSSR count). The summed E-state index contributed by atoms with van der Waals surface area (Å²) in [7, 11) is 0. The van der Waals surface area contributed by atoms with Crippen LogP contribution in [0, 0.1) is 0 Å². The number of halogens is 2. The maximum atomic E-state index is 10.7. The molecule has 1 aromatic heterocycles. The van der Waals surface area contributed by atoms with Crippen LogP contribution >= 0.6 is 43.2 Å². The molecule has 1 aromatic rings. The molecule has 2 heterocycles. The third kappa shape index (κ3) is 4.55. The van der Waals surface area contributed by atoms with E-state index in [4.69, 9.17) is 5.11 Å². The van der Waals surface area contributed by atoms with Crippen molar-refractivity contribution >= 4 is 49.2 Å². The molecule has 1 aliphatic rings. The topological polar surface area (TPSA) is 40.5 Å². The summed E-state index contributed by atoms with van der Waals surface area (Å²) < 4.78 is 2.23. The number of carbonyl (C=O) groups is 1. The lowest BCUT2D eigenvalue weighted by molar-refractivity contribution is -0.137. The van der Waals surface area contributed by atoms with E-state index >= 15 is 0 Å². The zero-order valence-corrected chi connectivity index (χ0v) is 14.6. The summed E-state index contributed by atoms with van der Waals surface area (Å²) in [4.78, 5) is 14.5. The molecule has 3 nitrogen and oxygen atoms in total. The Morgan fingerprint density at radius 1 is 1.47 bits per heavy atom. The summed E-state index contributed by atoms with van der Waals surface area (Å²) in [6.07, 6.45) is 4.61. The quantitative estimate of drug-likeness (QED) is 0.777. The van der Waals surface area contributed by atoms with Gasteiger partial charge >= 0.3 is 5.97 Å². The zero-order valence-electron chi connectivity index (χ0n) is 10.6. The molecule has 1 saturated heterocycles. The molecule has 0 spiro atoms. The van der Waals surface area contributed by atoms with Crippen LogP contribution in [0.25, 0.3) is 0 Å². The number of hydrogen-bond donors (Lipinski definition) is 1. The third-order valence-corrected chi connectivity index (χ3v) is 6.74. The van der Waals surface area contributed by atoms with E-state index in [0.29, 0.717) is 6.04 Å². The number of likely N-dealkylation sites (tertiary alicyclic amines) is 1. The highest BCUT2D eigenvalue weighted by atomic mass is 79.9. The van der Waals surface area contributed by atoms with Gasteiger partial charge in [-0.25, -0.2) is 0 Å². The van der Waals surface area contributed by atoms with Crippen LogP contribution in [0.1, 0.15) is 37.0 Å². The minimum atomic E-state index is -0.688. The molecule has 0 aromatic carbocycles. The van der Waals surface area contributed by atoms with E-state index in [1.54, 1.807) is 11.3 Å². The van der Waals surface area contributed by atoms with Crippen molar-refractivity contribution in [3.63, 3.8) is 0 Å². The number of thiophene rings is 1. The third-order valence-electron chi connectivity index (χ3n) is 3.50. The van der Waals surface area contributed by atoms with E-state index in [1.807, 2.05) is 0 Å². The monoisotopic (exact) mass is 409 g/mol. The van der Waals surface area contributed by atoms with E-state index in [-0.39, 0.29) is 6.42 Å². The summed E-state index contributed by atoms with van der Waals surface area (Å²) in [5.41, 5.74) is 0. The highest BCUT2D eigenvalue weighted by Crippen LogP contribution is 2.34. The predicted molar refractivity (Wildman–Crippen MR) is 84.6 cm³/mol. The van der Waals surface area contributed by atoms with Crippen LogP contribution in [0.3, 0.4) is 0 Å². The predicted octanol–water partition coefficient (Wildman–Crippen LogP) is 4.49. The van der Waals surface area contributed by atoms with Crippen molar-refractivity contribution in [2.75, 3.05) is 6.54 Å². The number of nitrogens with zero attached hydrogens (tertiary/aromatic N) is 1. The second-order valence-corrected chi connectivity index (χ2v) is 8.20. The van der Waals surface area contributed by atoms with Gasteiger partial charge in [0, 0.05) is 28.4 Å². The number of rotatable bonds is 5. The molecule has 6 heteroatoms. The van der Waals surface area contributed by atoms with Gasteiger partial charge in [0.05, 0.1) is 3.79 Å². The molecule has 1 unspecified atom stereocenters. The fourth-order valence-electron chi connectivity index (χ4n) is 2.55. The van der Waals surface area contributed by atoms with Gasteiger partial charge in [0.1, 0.15) is 0 Å². The number of aliphatic carboxylic acids is 1. The lowest BCUT2D eigenvalue weighted by atomic mass is 9.98. The summed E-state index contributed by atoms with van der Waals surface area (Å²) in [6.45, 7) is 2.01. The van der Waals surface area contributed by atoms with Crippen molar-refractivity contribution in [2.24, 2.45) is 0 Å². The smallest absolute Gasteiger partial charge is 0.303 e. The average molecular weight is 411 g/mol. The molecular weight excluding hydrogens is 394 g/mol. The van der Waals surface area contributed by atoms with Crippen LogP contribution in [0.15, 0.2) is 14.3 Å². The summed E-state index contributed by atoms with van der Waals surface area (Å²) in [6, 6.07) is 2.57. The minimum Gasteiger partial charge on any atom is -0.481 e. The van der Waals surface area contributed by atoms with Gasteiger partial charge in [-0.1, -0.05) is 6.42 Å². The second-order valence-electron chi connectivity index (χ2n) is 4.89. The SMILES string of the molecule is O=C(O)CCC1CCCCN1Cc1cc(Br)c(Br)s1. The Morgan fingerprint density at radius 2 is 2.26 bits per heavy atom. The fourth-order valence-corrected chi connectivity index (χ4v) is 4.76. The molecule has 1 fully saturated rings. The van der Waals surface area contributed by atoms with Gasteiger partial charge in [0.15, 0.2) is 0 Å². The van der Waals surface area contributed by atoms with Gasteiger partial charge in [-0.05, 0) is 63.7 Å². The molecule has 0 saturated carbocycles. The van der Waals surface area contributed by atoms with Gasteiger partial charge < -0.3 is 5.11 Å². The maximum Gasteiger partial charge on any atom is 0.303 e. The molecule has 19 heavy (non-hydrogen) atoms. The highest BCUT2D eigenvalue weighted by Gasteiger charge is 2.23. The lowest BCUT2D eigenvalue weighted by Crippen LogP contribution is -2.39. The van der Waals surface area contributed by atoms with Crippen molar-refractivity contribution in [3.05, 3.63) is 19.2 Å². The Bertz CT molecular complexity index is 430. The van der Waals surface area contributed by atoms with Crippen LogP contribution in [0.5, 0.6) is 0 Å². The Kier molecular flexibility index (Phi) is 5.87. The molecule has 1 atom stereocenters. The van der Waals surface area contributed by atoms with Crippen molar-refractivity contribution in [1.29, 1.82) is 0 Å². The highest BCUT2D eigenvalue weighted by molar-refractivity contribution is 9.13. The second kappa shape index (κ2) is 7.20. The molecule has 106 valence electrons. The largest absolute Gasteiger partial charge is 0.481 e. The first-order chi connectivity index (χ1) is 9.06. The molecular formula is C13H17Br2NO2S. The summed E-state index contributed by atoms with van der Waals surface area (Å²) in [5.74, 6) is -0.688. The van der Waals surface area contributed by atoms with Gasteiger partial charge in [0.2, 0.25) is 0 Å². The number of piperidine rings is 1. The Morgan fingerprint density at radius 3 is 2.89 bits per heavy atom. The molecule has 0 radical (unpaired) electrons. The van der Waals surface area contributed by atoms with Crippen LogP contribution in [-0.2, 0) is 11.3 Å². The Balaban J connectivity index is 1.96. The fraction of sp³-hybridized carbons (Fsp3) is 0.615. The molecule has 0 aliphatic carbocycles. The normalized spacial score (nSPS) is 20.6.